The van der Waals surface area contributed by atoms with Gasteiger partial charge in [0.05, 0.1) is 18.0 Å². The van der Waals surface area contributed by atoms with Crippen LogP contribution >= 0.6 is 0 Å². The first-order valence-corrected chi connectivity index (χ1v) is 11.4. The summed E-state index contributed by atoms with van der Waals surface area (Å²) in [6, 6.07) is 11.2. The van der Waals surface area contributed by atoms with Gasteiger partial charge in [0.2, 0.25) is 10.0 Å². The van der Waals surface area contributed by atoms with Crippen LogP contribution < -0.4 is 10.2 Å². The third kappa shape index (κ3) is 4.54. The van der Waals surface area contributed by atoms with E-state index in [0.29, 0.717) is 24.3 Å². The Bertz CT molecular complexity index is 1070. The molecule has 4 rings (SSSR count). The maximum Gasteiger partial charge on any atom is 0.414 e. The lowest BCUT2D eigenvalue weighted by atomic mass is 10.2. The van der Waals surface area contributed by atoms with Crippen LogP contribution in [0.5, 0.6) is 0 Å². The van der Waals surface area contributed by atoms with Gasteiger partial charge in [0.1, 0.15) is 11.9 Å². The number of sulfonamides is 1. The van der Waals surface area contributed by atoms with Crippen LogP contribution in [0.15, 0.2) is 53.4 Å². The van der Waals surface area contributed by atoms with Crippen molar-refractivity contribution >= 4 is 27.7 Å². The zero-order valence-electron chi connectivity index (χ0n) is 16.7. The van der Waals surface area contributed by atoms with E-state index in [1.165, 1.54) is 57.7 Å². The summed E-state index contributed by atoms with van der Waals surface area (Å²) in [5.41, 5.74) is 0.815. The van der Waals surface area contributed by atoms with Crippen LogP contribution in [-0.4, -0.2) is 57.0 Å². The first kappa shape index (κ1) is 21.3. The highest BCUT2D eigenvalue weighted by molar-refractivity contribution is 7.89. The Kier molecular flexibility index (Phi) is 5.92. The summed E-state index contributed by atoms with van der Waals surface area (Å²) in [6.07, 6.45) is 0.576. The number of hydrogen-bond acceptors (Lipinski definition) is 5. The van der Waals surface area contributed by atoms with Crippen molar-refractivity contribution in [3.8, 4) is 0 Å². The first-order valence-electron chi connectivity index (χ1n) is 9.97. The van der Waals surface area contributed by atoms with Crippen LogP contribution in [0.3, 0.4) is 0 Å². The molecule has 2 saturated heterocycles. The fourth-order valence-electron chi connectivity index (χ4n) is 3.62. The molecular formula is C21H22FN3O5S. The van der Waals surface area contributed by atoms with E-state index in [0.717, 1.165) is 12.8 Å². The molecule has 1 atom stereocenters. The molecular weight excluding hydrogens is 425 g/mol. The fraction of sp³-hybridized carbons (Fsp3) is 0.333. The van der Waals surface area contributed by atoms with Crippen molar-refractivity contribution in [1.82, 2.24) is 9.62 Å². The predicted molar refractivity (Wildman–Crippen MR) is 111 cm³/mol. The van der Waals surface area contributed by atoms with Crippen molar-refractivity contribution in [1.29, 1.82) is 0 Å². The summed E-state index contributed by atoms with van der Waals surface area (Å²) < 4.78 is 44.9. The molecule has 0 radical (unpaired) electrons. The van der Waals surface area contributed by atoms with Gasteiger partial charge >= 0.3 is 6.09 Å². The van der Waals surface area contributed by atoms with E-state index in [9.17, 15) is 22.4 Å². The lowest BCUT2D eigenvalue weighted by Crippen LogP contribution is -2.34. The van der Waals surface area contributed by atoms with Crippen LogP contribution in [0.4, 0.5) is 14.9 Å². The van der Waals surface area contributed by atoms with Gasteiger partial charge in [-0.15, -0.1) is 0 Å². The average molecular weight is 447 g/mol. The third-order valence-electron chi connectivity index (χ3n) is 5.32. The fourth-order valence-corrected chi connectivity index (χ4v) is 5.14. The number of rotatable bonds is 6. The molecule has 0 aromatic heterocycles. The molecule has 2 aliphatic heterocycles. The summed E-state index contributed by atoms with van der Waals surface area (Å²) in [5.74, 6) is -0.805. The van der Waals surface area contributed by atoms with Gasteiger partial charge in [0, 0.05) is 24.3 Å². The van der Waals surface area contributed by atoms with E-state index >= 15 is 0 Å². The second-order valence-corrected chi connectivity index (χ2v) is 9.38. The third-order valence-corrected chi connectivity index (χ3v) is 7.23. The standard InChI is InChI=1S/C21H22FN3O5S/c22-16-5-7-17(8-6-16)25-14-18(30-21(25)27)13-23-20(26)15-3-9-19(10-4-15)31(28,29)24-11-1-2-12-24/h3-10,18H,1-2,11-14H2,(H,23,26)/t18-/m1/s1. The lowest BCUT2D eigenvalue weighted by molar-refractivity contribution is 0.0916. The Morgan fingerprint density at radius 3 is 2.35 bits per heavy atom. The smallest absolute Gasteiger partial charge is 0.414 e. The highest BCUT2D eigenvalue weighted by Crippen LogP contribution is 2.23. The van der Waals surface area contributed by atoms with Crippen LogP contribution in [0, 0.1) is 5.82 Å². The van der Waals surface area contributed by atoms with Gasteiger partial charge in [-0.25, -0.2) is 17.6 Å². The van der Waals surface area contributed by atoms with Crippen molar-refractivity contribution in [3.63, 3.8) is 0 Å². The molecule has 2 aromatic carbocycles. The van der Waals surface area contributed by atoms with E-state index in [4.69, 9.17) is 4.74 Å². The first-order chi connectivity index (χ1) is 14.8. The molecule has 0 saturated carbocycles. The highest BCUT2D eigenvalue weighted by Gasteiger charge is 2.32. The maximum absolute atomic E-state index is 13.1. The second kappa shape index (κ2) is 8.64. The van der Waals surface area contributed by atoms with E-state index in [2.05, 4.69) is 5.32 Å². The molecule has 2 heterocycles. The molecule has 8 nitrogen and oxygen atoms in total. The summed E-state index contributed by atoms with van der Waals surface area (Å²) in [7, 11) is -3.53. The topological polar surface area (TPSA) is 96.0 Å². The minimum Gasteiger partial charge on any atom is -0.442 e. The molecule has 164 valence electrons. The van der Waals surface area contributed by atoms with Crippen LogP contribution in [0.2, 0.25) is 0 Å². The number of nitrogens with zero attached hydrogens (tertiary/aromatic N) is 2. The summed E-state index contributed by atoms with van der Waals surface area (Å²) in [6.45, 7) is 1.34. The highest BCUT2D eigenvalue weighted by atomic mass is 32.2. The minimum atomic E-state index is -3.53. The Labute approximate surface area is 179 Å². The monoisotopic (exact) mass is 447 g/mol. The largest absolute Gasteiger partial charge is 0.442 e. The number of carbonyl (C=O) groups excluding carboxylic acids is 2. The molecule has 31 heavy (non-hydrogen) atoms. The molecule has 0 unspecified atom stereocenters. The minimum absolute atomic E-state index is 0.0933. The van der Waals surface area contributed by atoms with Gasteiger partial charge in [-0.3, -0.25) is 9.69 Å². The van der Waals surface area contributed by atoms with E-state index in [1.54, 1.807) is 0 Å². The zero-order chi connectivity index (χ0) is 22.0. The Balaban J connectivity index is 1.34. The molecule has 0 bridgehead atoms. The van der Waals surface area contributed by atoms with Gasteiger partial charge in [0.25, 0.3) is 5.91 Å². The number of anilines is 1. The normalized spacial score (nSPS) is 19.5. The van der Waals surface area contributed by atoms with Crippen molar-refractivity contribution in [3.05, 3.63) is 59.9 Å². The molecule has 1 N–H and O–H groups in total. The average Bonchev–Trinajstić information content (AvgIpc) is 3.43. The molecule has 2 amide bonds. The molecule has 2 fully saturated rings. The Morgan fingerprint density at radius 2 is 1.71 bits per heavy atom. The van der Waals surface area contributed by atoms with Crippen molar-refractivity contribution < 1.29 is 27.1 Å². The summed E-state index contributed by atoms with van der Waals surface area (Å²) >= 11 is 0. The quantitative estimate of drug-likeness (QED) is 0.734. The number of amides is 2. The molecule has 2 aliphatic rings. The number of cyclic esters (lactones) is 1. The SMILES string of the molecule is O=C(NC[C@@H]1CN(c2ccc(F)cc2)C(=O)O1)c1ccc(S(=O)(=O)N2CCCC2)cc1. The number of ether oxygens (including phenoxy) is 1. The predicted octanol–water partition coefficient (Wildman–Crippen LogP) is 2.37. The maximum atomic E-state index is 13.1. The summed E-state index contributed by atoms with van der Waals surface area (Å²) in [5, 5.41) is 2.69. The van der Waals surface area contributed by atoms with Crippen LogP contribution in [-0.2, 0) is 14.8 Å². The van der Waals surface area contributed by atoms with Crippen LogP contribution in [0.1, 0.15) is 23.2 Å². The van der Waals surface area contributed by atoms with Crippen molar-refractivity contribution in [2.45, 2.75) is 23.8 Å². The summed E-state index contributed by atoms with van der Waals surface area (Å²) in [4.78, 5) is 26.0. The number of halogens is 1. The van der Waals surface area contributed by atoms with Gasteiger partial charge in [-0.1, -0.05) is 0 Å². The molecule has 10 heteroatoms. The number of carbonyl (C=O) groups is 2. The number of benzene rings is 2. The Morgan fingerprint density at radius 1 is 1.06 bits per heavy atom. The number of hydrogen-bond donors (Lipinski definition) is 1. The number of nitrogens with one attached hydrogen (secondary N) is 1. The van der Waals surface area contributed by atoms with E-state index in [-0.39, 0.29) is 18.0 Å². The van der Waals surface area contributed by atoms with Crippen molar-refractivity contribution in [2.24, 2.45) is 0 Å². The van der Waals surface area contributed by atoms with Gasteiger partial charge in [0.15, 0.2) is 0 Å². The van der Waals surface area contributed by atoms with Gasteiger partial charge < -0.3 is 10.1 Å². The van der Waals surface area contributed by atoms with Crippen LogP contribution in [0.25, 0.3) is 0 Å². The van der Waals surface area contributed by atoms with E-state index in [1.807, 2.05) is 0 Å². The van der Waals surface area contributed by atoms with Gasteiger partial charge in [-0.2, -0.15) is 4.31 Å². The molecule has 0 spiro atoms. The lowest BCUT2D eigenvalue weighted by Gasteiger charge is -2.15. The van der Waals surface area contributed by atoms with Crippen molar-refractivity contribution in [2.75, 3.05) is 31.1 Å². The van der Waals surface area contributed by atoms with Gasteiger partial charge in [-0.05, 0) is 61.4 Å². The van der Waals surface area contributed by atoms with E-state index < -0.39 is 33.9 Å². The second-order valence-electron chi connectivity index (χ2n) is 7.44. The molecule has 2 aromatic rings. The zero-order valence-corrected chi connectivity index (χ0v) is 17.5. The Hall–Kier alpha value is -2.98. The molecule has 0 aliphatic carbocycles.